The lowest BCUT2D eigenvalue weighted by Crippen LogP contribution is -2.09. The number of nitrogens with zero attached hydrogens (tertiary/aromatic N) is 6. The van der Waals surface area contributed by atoms with Gasteiger partial charge in [0.25, 0.3) is 0 Å². The van der Waals surface area contributed by atoms with Gasteiger partial charge in [0.2, 0.25) is 0 Å². The Morgan fingerprint density at radius 1 is 1.13 bits per heavy atom. The fourth-order valence-corrected chi connectivity index (χ4v) is 1.35. The number of aliphatic hydroxyl groups is 1. The first kappa shape index (κ1) is 9.78. The summed E-state index contributed by atoms with van der Waals surface area (Å²) in [7, 11) is 0. The van der Waals surface area contributed by atoms with Crippen LogP contribution in [0.5, 0.6) is 0 Å². The number of hydrogen-bond donors (Lipinski definition) is 1. The maximum atomic E-state index is 9.00. The molecule has 2 aromatic heterocycles. The van der Waals surface area contributed by atoms with E-state index in [-0.39, 0.29) is 6.61 Å². The standard InChI is InChI=1S/C8H12N6O/c1-2-13-5-9-11-7(13)3-14-6-10-12-8(14)4-15/h5-6,15H,2-4H2,1H3. The quantitative estimate of drug-likeness (QED) is 0.727. The molecule has 0 fully saturated rings. The van der Waals surface area contributed by atoms with Crippen LogP contribution in [0.15, 0.2) is 12.7 Å². The van der Waals surface area contributed by atoms with Crippen LogP contribution in [0.3, 0.4) is 0 Å². The number of rotatable bonds is 4. The molecule has 0 amide bonds. The van der Waals surface area contributed by atoms with Crippen LogP contribution in [-0.4, -0.2) is 34.6 Å². The molecule has 7 heteroatoms. The Morgan fingerprint density at radius 3 is 2.47 bits per heavy atom. The van der Waals surface area contributed by atoms with Gasteiger partial charge >= 0.3 is 0 Å². The zero-order valence-corrected chi connectivity index (χ0v) is 8.41. The van der Waals surface area contributed by atoms with E-state index in [1.54, 1.807) is 17.2 Å². The summed E-state index contributed by atoms with van der Waals surface area (Å²) in [5.74, 6) is 1.35. The van der Waals surface area contributed by atoms with Crippen molar-refractivity contribution < 1.29 is 5.11 Å². The van der Waals surface area contributed by atoms with E-state index in [0.717, 1.165) is 12.4 Å². The van der Waals surface area contributed by atoms with Crippen molar-refractivity contribution in [2.24, 2.45) is 0 Å². The molecule has 0 saturated heterocycles. The third kappa shape index (κ3) is 1.86. The summed E-state index contributed by atoms with van der Waals surface area (Å²) in [4.78, 5) is 0. The Hall–Kier alpha value is -1.76. The van der Waals surface area contributed by atoms with Gasteiger partial charge in [0, 0.05) is 6.54 Å². The third-order valence-electron chi connectivity index (χ3n) is 2.19. The fraction of sp³-hybridized carbons (Fsp3) is 0.500. The van der Waals surface area contributed by atoms with Gasteiger partial charge in [-0.2, -0.15) is 0 Å². The second-order valence-corrected chi connectivity index (χ2v) is 3.07. The van der Waals surface area contributed by atoms with Crippen molar-refractivity contribution in [3.8, 4) is 0 Å². The predicted octanol–water partition coefficient (Wildman–Crippen LogP) is -0.570. The molecule has 0 bridgehead atoms. The summed E-state index contributed by atoms with van der Waals surface area (Å²) in [6.07, 6.45) is 3.25. The van der Waals surface area contributed by atoms with Crippen LogP contribution in [-0.2, 0) is 19.7 Å². The molecule has 0 saturated carbocycles. The van der Waals surface area contributed by atoms with Crippen LogP contribution >= 0.6 is 0 Å². The Balaban J connectivity index is 2.21. The molecule has 7 nitrogen and oxygen atoms in total. The molecule has 0 aliphatic heterocycles. The van der Waals surface area contributed by atoms with Gasteiger partial charge in [0.1, 0.15) is 19.3 Å². The average molecular weight is 208 g/mol. The normalized spacial score (nSPS) is 10.8. The van der Waals surface area contributed by atoms with Crippen molar-refractivity contribution in [1.82, 2.24) is 29.5 Å². The predicted molar refractivity (Wildman–Crippen MR) is 50.7 cm³/mol. The molecule has 0 aliphatic carbocycles. The highest BCUT2D eigenvalue weighted by atomic mass is 16.3. The summed E-state index contributed by atoms with van der Waals surface area (Å²) in [5, 5.41) is 24.3. The Bertz CT molecular complexity index is 394. The van der Waals surface area contributed by atoms with Crippen LogP contribution in [0.1, 0.15) is 18.6 Å². The highest BCUT2D eigenvalue weighted by molar-refractivity contribution is 4.92. The van der Waals surface area contributed by atoms with E-state index < -0.39 is 0 Å². The number of aromatic nitrogens is 6. The van der Waals surface area contributed by atoms with Crippen molar-refractivity contribution in [1.29, 1.82) is 0 Å². The smallest absolute Gasteiger partial charge is 0.159 e. The molecular formula is C8H12N6O. The van der Waals surface area contributed by atoms with E-state index in [4.69, 9.17) is 5.11 Å². The molecule has 0 unspecified atom stereocenters. The lowest BCUT2D eigenvalue weighted by Gasteiger charge is -2.05. The largest absolute Gasteiger partial charge is 0.388 e. The van der Waals surface area contributed by atoms with E-state index in [1.165, 1.54) is 0 Å². The molecule has 0 spiro atoms. The molecule has 0 atom stereocenters. The van der Waals surface area contributed by atoms with Gasteiger partial charge in [-0.15, -0.1) is 20.4 Å². The molecule has 0 aliphatic rings. The molecule has 15 heavy (non-hydrogen) atoms. The minimum Gasteiger partial charge on any atom is -0.388 e. The first-order valence-corrected chi connectivity index (χ1v) is 4.69. The van der Waals surface area contributed by atoms with E-state index in [1.807, 2.05) is 11.5 Å². The molecule has 0 radical (unpaired) electrons. The van der Waals surface area contributed by atoms with Crippen molar-refractivity contribution >= 4 is 0 Å². The monoisotopic (exact) mass is 208 g/mol. The molecule has 2 aromatic rings. The molecule has 2 heterocycles. The van der Waals surface area contributed by atoms with Gasteiger partial charge in [-0.3, -0.25) is 0 Å². The summed E-state index contributed by atoms with van der Waals surface area (Å²) < 4.78 is 3.68. The summed E-state index contributed by atoms with van der Waals surface area (Å²) in [6.45, 7) is 3.24. The Morgan fingerprint density at radius 2 is 1.80 bits per heavy atom. The molecule has 80 valence electrons. The van der Waals surface area contributed by atoms with E-state index in [2.05, 4.69) is 20.4 Å². The van der Waals surface area contributed by atoms with Gasteiger partial charge in [-0.05, 0) is 6.92 Å². The zero-order valence-electron chi connectivity index (χ0n) is 8.41. The zero-order chi connectivity index (χ0) is 10.7. The third-order valence-corrected chi connectivity index (χ3v) is 2.19. The summed E-state index contributed by atoms with van der Waals surface area (Å²) in [5.41, 5.74) is 0. The Kier molecular flexibility index (Phi) is 2.72. The van der Waals surface area contributed by atoms with Crippen molar-refractivity contribution in [3.05, 3.63) is 24.3 Å². The van der Waals surface area contributed by atoms with E-state index in [9.17, 15) is 0 Å². The van der Waals surface area contributed by atoms with Crippen LogP contribution in [0, 0.1) is 0 Å². The van der Waals surface area contributed by atoms with Gasteiger partial charge in [-0.25, -0.2) is 0 Å². The van der Waals surface area contributed by atoms with Crippen molar-refractivity contribution in [2.75, 3.05) is 0 Å². The van der Waals surface area contributed by atoms with Gasteiger partial charge in [0.15, 0.2) is 11.6 Å². The van der Waals surface area contributed by atoms with Gasteiger partial charge in [0.05, 0.1) is 6.54 Å². The molecule has 2 rings (SSSR count). The van der Waals surface area contributed by atoms with E-state index >= 15 is 0 Å². The van der Waals surface area contributed by atoms with Gasteiger partial charge in [-0.1, -0.05) is 0 Å². The first-order valence-electron chi connectivity index (χ1n) is 4.69. The van der Waals surface area contributed by atoms with E-state index in [0.29, 0.717) is 12.4 Å². The number of aliphatic hydroxyl groups excluding tert-OH is 1. The highest BCUT2D eigenvalue weighted by Gasteiger charge is 2.07. The number of aryl methyl sites for hydroxylation is 1. The second kappa shape index (κ2) is 4.18. The fourth-order valence-electron chi connectivity index (χ4n) is 1.35. The lowest BCUT2D eigenvalue weighted by atomic mass is 10.5. The summed E-state index contributed by atoms with van der Waals surface area (Å²) >= 11 is 0. The van der Waals surface area contributed by atoms with Crippen LogP contribution in [0.4, 0.5) is 0 Å². The maximum Gasteiger partial charge on any atom is 0.159 e. The second-order valence-electron chi connectivity index (χ2n) is 3.07. The molecular weight excluding hydrogens is 196 g/mol. The minimum atomic E-state index is -0.125. The SMILES string of the molecule is CCn1cnnc1Cn1cnnc1CO. The Labute approximate surface area is 86.4 Å². The molecule has 0 aromatic carbocycles. The van der Waals surface area contributed by atoms with Crippen LogP contribution in [0.25, 0.3) is 0 Å². The van der Waals surface area contributed by atoms with Crippen LogP contribution in [0.2, 0.25) is 0 Å². The minimum absolute atomic E-state index is 0.125. The molecule has 1 N–H and O–H groups in total. The highest BCUT2D eigenvalue weighted by Crippen LogP contribution is 2.01. The average Bonchev–Trinajstić information content (AvgIpc) is 2.87. The maximum absolute atomic E-state index is 9.00. The van der Waals surface area contributed by atoms with Crippen molar-refractivity contribution in [3.63, 3.8) is 0 Å². The van der Waals surface area contributed by atoms with Crippen LogP contribution < -0.4 is 0 Å². The topological polar surface area (TPSA) is 81.7 Å². The number of hydrogen-bond acceptors (Lipinski definition) is 5. The van der Waals surface area contributed by atoms with Crippen molar-refractivity contribution in [2.45, 2.75) is 26.6 Å². The summed E-state index contributed by atoms with van der Waals surface area (Å²) in [6, 6.07) is 0. The first-order chi connectivity index (χ1) is 7.35. The lowest BCUT2D eigenvalue weighted by molar-refractivity contribution is 0.265. The van der Waals surface area contributed by atoms with Gasteiger partial charge < -0.3 is 14.2 Å².